The number of nitrogens with zero attached hydrogens (tertiary/aromatic N) is 3. The van der Waals surface area contributed by atoms with Crippen molar-refractivity contribution in [3.05, 3.63) is 77.4 Å². The molecule has 0 saturated heterocycles. The summed E-state index contributed by atoms with van der Waals surface area (Å²) in [6.45, 7) is 0.340. The average Bonchev–Trinajstić information content (AvgIpc) is 3.45. The topological polar surface area (TPSA) is 90.1 Å². The van der Waals surface area contributed by atoms with Crippen LogP contribution in [-0.2, 0) is 17.8 Å². The van der Waals surface area contributed by atoms with E-state index in [1.165, 1.54) is 35.6 Å². The van der Waals surface area contributed by atoms with E-state index in [9.17, 15) is 9.18 Å². The molecule has 0 radical (unpaired) electrons. The predicted octanol–water partition coefficient (Wildman–Crippen LogP) is 4.37. The Morgan fingerprint density at radius 3 is 2.77 bits per heavy atom. The molecule has 4 aromatic rings. The number of benzene rings is 1. The molecule has 0 saturated carbocycles. The lowest BCUT2D eigenvalue weighted by molar-refractivity contribution is -0.121. The van der Waals surface area contributed by atoms with E-state index in [2.05, 4.69) is 20.4 Å². The number of nitrogens with one attached hydrogen (secondary N) is 1. The molecular weight excluding hydrogens is 407 g/mol. The van der Waals surface area contributed by atoms with E-state index in [0.717, 1.165) is 10.4 Å². The van der Waals surface area contributed by atoms with Gasteiger partial charge in [0.25, 0.3) is 0 Å². The number of carbonyl (C=O) groups is 1. The molecule has 3 aromatic heterocycles. The SMILES string of the molecule is O=C(CCc1nc(-c2cccs2)no1)NCc1ccc(Oc2ccc(F)cc2)nc1. The molecule has 3 heterocycles. The molecular formula is C21H17FN4O3S. The summed E-state index contributed by atoms with van der Waals surface area (Å²) in [4.78, 5) is 21.5. The molecule has 1 aromatic carbocycles. The first-order valence-corrected chi connectivity index (χ1v) is 10.1. The maximum atomic E-state index is 12.9. The first kappa shape index (κ1) is 19.7. The smallest absolute Gasteiger partial charge is 0.227 e. The normalized spacial score (nSPS) is 10.7. The number of aryl methyl sites for hydroxylation is 1. The molecule has 0 aliphatic heterocycles. The van der Waals surface area contributed by atoms with Crippen LogP contribution in [0.5, 0.6) is 11.6 Å². The van der Waals surface area contributed by atoms with Crippen LogP contribution in [0.2, 0.25) is 0 Å². The van der Waals surface area contributed by atoms with Gasteiger partial charge in [-0.25, -0.2) is 9.37 Å². The summed E-state index contributed by atoms with van der Waals surface area (Å²) in [6, 6.07) is 13.0. The number of amides is 1. The molecule has 1 N–H and O–H groups in total. The van der Waals surface area contributed by atoms with E-state index in [4.69, 9.17) is 9.26 Å². The molecule has 9 heteroatoms. The zero-order valence-electron chi connectivity index (χ0n) is 15.7. The molecule has 7 nitrogen and oxygen atoms in total. The fraction of sp³-hybridized carbons (Fsp3) is 0.143. The standard InChI is InChI=1S/C21H17FN4O3S/c22-15-4-6-16(7-5-15)28-19-9-3-14(13-24-19)12-23-18(27)8-10-20-25-21(26-29-20)17-2-1-11-30-17/h1-7,9,11,13H,8,10,12H2,(H,23,27). The highest BCUT2D eigenvalue weighted by atomic mass is 32.1. The van der Waals surface area contributed by atoms with Crippen LogP contribution in [0.3, 0.4) is 0 Å². The zero-order valence-corrected chi connectivity index (χ0v) is 16.6. The summed E-state index contributed by atoms with van der Waals surface area (Å²) in [6.07, 6.45) is 2.22. The molecule has 0 aliphatic carbocycles. The summed E-state index contributed by atoms with van der Waals surface area (Å²) in [5.74, 6) is 1.38. The van der Waals surface area contributed by atoms with Crippen LogP contribution in [0.4, 0.5) is 4.39 Å². The Morgan fingerprint density at radius 1 is 1.17 bits per heavy atom. The van der Waals surface area contributed by atoms with Crippen LogP contribution >= 0.6 is 11.3 Å². The van der Waals surface area contributed by atoms with Crippen LogP contribution in [0.1, 0.15) is 17.9 Å². The molecule has 0 aliphatic rings. The van der Waals surface area contributed by atoms with Crippen molar-refractivity contribution in [2.45, 2.75) is 19.4 Å². The van der Waals surface area contributed by atoms with Crippen LogP contribution in [0, 0.1) is 5.82 Å². The molecule has 30 heavy (non-hydrogen) atoms. The zero-order chi connectivity index (χ0) is 20.8. The highest BCUT2D eigenvalue weighted by molar-refractivity contribution is 7.13. The lowest BCUT2D eigenvalue weighted by Crippen LogP contribution is -2.23. The van der Waals surface area contributed by atoms with Crippen molar-refractivity contribution in [2.75, 3.05) is 0 Å². The second kappa shape index (κ2) is 9.27. The quantitative estimate of drug-likeness (QED) is 0.452. The van der Waals surface area contributed by atoms with Gasteiger partial charge in [0.15, 0.2) is 0 Å². The molecule has 0 bridgehead atoms. The molecule has 152 valence electrons. The van der Waals surface area contributed by atoms with Crippen LogP contribution in [0.15, 0.2) is 64.6 Å². The van der Waals surface area contributed by atoms with Gasteiger partial charge in [0.05, 0.1) is 4.88 Å². The summed E-state index contributed by atoms with van der Waals surface area (Å²) in [7, 11) is 0. The average molecular weight is 424 g/mol. The molecule has 0 fully saturated rings. The van der Waals surface area contributed by atoms with Crippen molar-refractivity contribution in [1.82, 2.24) is 20.4 Å². The summed E-state index contributed by atoms with van der Waals surface area (Å²) >= 11 is 1.53. The molecule has 4 rings (SSSR count). The van der Waals surface area contributed by atoms with Crippen LogP contribution in [0.25, 0.3) is 10.7 Å². The second-order valence-electron chi connectivity index (χ2n) is 6.33. The fourth-order valence-corrected chi connectivity index (χ4v) is 3.22. The fourth-order valence-electron chi connectivity index (χ4n) is 2.57. The maximum Gasteiger partial charge on any atom is 0.227 e. The number of pyridine rings is 1. The molecule has 0 spiro atoms. The summed E-state index contributed by atoms with van der Waals surface area (Å²) in [5, 5.41) is 8.70. The Balaban J connectivity index is 1.22. The molecule has 0 atom stereocenters. The van der Waals surface area contributed by atoms with Crippen molar-refractivity contribution in [3.8, 4) is 22.3 Å². The van der Waals surface area contributed by atoms with E-state index in [0.29, 0.717) is 36.3 Å². The highest BCUT2D eigenvalue weighted by Crippen LogP contribution is 2.22. The van der Waals surface area contributed by atoms with Crippen molar-refractivity contribution in [3.63, 3.8) is 0 Å². The lowest BCUT2D eigenvalue weighted by Gasteiger charge is -2.07. The number of hydrogen-bond donors (Lipinski definition) is 1. The third kappa shape index (κ3) is 5.26. The maximum absolute atomic E-state index is 12.9. The van der Waals surface area contributed by atoms with Crippen LogP contribution in [-0.4, -0.2) is 21.0 Å². The van der Waals surface area contributed by atoms with E-state index >= 15 is 0 Å². The molecule has 1 amide bonds. The minimum atomic E-state index is -0.330. The minimum Gasteiger partial charge on any atom is -0.439 e. The van der Waals surface area contributed by atoms with Crippen molar-refractivity contribution in [2.24, 2.45) is 0 Å². The number of ether oxygens (including phenoxy) is 1. The van der Waals surface area contributed by atoms with E-state index in [-0.39, 0.29) is 18.1 Å². The Hall–Kier alpha value is -3.59. The minimum absolute atomic E-state index is 0.127. The van der Waals surface area contributed by atoms with Gasteiger partial charge in [-0.05, 0) is 41.3 Å². The van der Waals surface area contributed by atoms with Gasteiger partial charge in [0.1, 0.15) is 11.6 Å². The van der Waals surface area contributed by atoms with E-state index in [1.54, 1.807) is 18.3 Å². The van der Waals surface area contributed by atoms with Crippen LogP contribution < -0.4 is 10.1 Å². The number of hydrogen-bond acceptors (Lipinski definition) is 7. The number of aromatic nitrogens is 3. The monoisotopic (exact) mass is 424 g/mol. The summed E-state index contributed by atoms with van der Waals surface area (Å²) in [5.41, 5.74) is 0.826. The van der Waals surface area contributed by atoms with Crippen molar-refractivity contribution >= 4 is 17.2 Å². The van der Waals surface area contributed by atoms with Crippen molar-refractivity contribution in [1.29, 1.82) is 0 Å². The largest absolute Gasteiger partial charge is 0.439 e. The van der Waals surface area contributed by atoms with Gasteiger partial charge < -0.3 is 14.6 Å². The van der Waals surface area contributed by atoms with E-state index in [1.807, 2.05) is 17.5 Å². The Morgan fingerprint density at radius 2 is 2.03 bits per heavy atom. The first-order chi connectivity index (χ1) is 14.7. The van der Waals surface area contributed by atoms with Gasteiger partial charge in [-0.1, -0.05) is 17.3 Å². The van der Waals surface area contributed by atoms with E-state index < -0.39 is 0 Å². The summed E-state index contributed by atoms with van der Waals surface area (Å²) < 4.78 is 23.7. The first-order valence-electron chi connectivity index (χ1n) is 9.17. The Kier molecular flexibility index (Phi) is 6.09. The second-order valence-corrected chi connectivity index (χ2v) is 7.27. The number of rotatable bonds is 8. The van der Waals surface area contributed by atoms with Gasteiger partial charge in [0.2, 0.25) is 23.5 Å². The third-order valence-corrected chi connectivity index (χ3v) is 4.96. The number of carbonyl (C=O) groups excluding carboxylic acids is 1. The Labute approximate surface area is 175 Å². The van der Waals surface area contributed by atoms with Gasteiger partial charge in [0, 0.05) is 31.6 Å². The number of thiophene rings is 1. The molecule has 0 unspecified atom stereocenters. The Bertz CT molecular complexity index is 1100. The third-order valence-electron chi connectivity index (χ3n) is 4.10. The predicted molar refractivity (Wildman–Crippen MR) is 108 cm³/mol. The van der Waals surface area contributed by atoms with Gasteiger partial charge in [-0.3, -0.25) is 4.79 Å². The highest BCUT2D eigenvalue weighted by Gasteiger charge is 2.11. The van der Waals surface area contributed by atoms with Gasteiger partial charge in [-0.15, -0.1) is 11.3 Å². The lowest BCUT2D eigenvalue weighted by atomic mass is 10.2. The van der Waals surface area contributed by atoms with Gasteiger partial charge >= 0.3 is 0 Å². The van der Waals surface area contributed by atoms with Gasteiger partial charge in [-0.2, -0.15) is 4.98 Å². The number of halogens is 1. The van der Waals surface area contributed by atoms with Crippen molar-refractivity contribution < 1.29 is 18.4 Å².